The normalized spacial score (nSPS) is 43.5. The lowest BCUT2D eigenvalue weighted by atomic mass is 9.58. The van der Waals surface area contributed by atoms with E-state index in [4.69, 9.17) is 4.74 Å². The monoisotopic (exact) mass is 357 g/mol. The smallest absolute Gasteiger partial charge is 0.165 e. The lowest BCUT2D eigenvalue weighted by Gasteiger charge is -2.60. The molecule has 0 aromatic heterocycles. The van der Waals surface area contributed by atoms with Gasteiger partial charge in [0.15, 0.2) is 11.5 Å². The standard InChI is InChI=1S/C21H27NO4/c23-14-5-4-12-8-16-21(25)7-6-15(24)19-13(18(21)17(12)20(14)26-19)10-22(16)9-11-2-1-3-11/h4-5,11,13,15-16,18-19,23-25H,1-3,6-10H2/t13?,15-,16?,18-,19+,21+/m0/s1. The molecule has 2 heterocycles. The van der Waals surface area contributed by atoms with Gasteiger partial charge in [-0.05, 0) is 49.7 Å². The zero-order valence-electron chi connectivity index (χ0n) is 15.0. The van der Waals surface area contributed by atoms with E-state index < -0.39 is 11.7 Å². The topological polar surface area (TPSA) is 73.2 Å². The van der Waals surface area contributed by atoms with E-state index in [2.05, 4.69) is 4.90 Å². The van der Waals surface area contributed by atoms with Gasteiger partial charge in [-0.25, -0.2) is 0 Å². The number of rotatable bonds is 2. The molecule has 6 atom stereocenters. The Morgan fingerprint density at radius 1 is 1.23 bits per heavy atom. The fourth-order valence-electron chi connectivity index (χ4n) is 6.60. The van der Waals surface area contributed by atoms with Gasteiger partial charge in [-0.1, -0.05) is 12.5 Å². The van der Waals surface area contributed by atoms with Crippen molar-refractivity contribution in [2.75, 3.05) is 13.1 Å². The van der Waals surface area contributed by atoms with Gasteiger partial charge in [-0.15, -0.1) is 0 Å². The number of ether oxygens (including phenoxy) is 1. The Morgan fingerprint density at radius 2 is 2.08 bits per heavy atom. The maximum absolute atomic E-state index is 11.9. The summed E-state index contributed by atoms with van der Waals surface area (Å²) in [5, 5.41) is 33.1. The van der Waals surface area contributed by atoms with Crippen LogP contribution in [0, 0.1) is 11.8 Å². The molecule has 0 radical (unpaired) electrons. The molecule has 5 aliphatic rings. The molecule has 5 nitrogen and oxygen atoms in total. The third-order valence-electron chi connectivity index (χ3n) is 8.03. The van der Waals surface area contributed by atoms with Crippen LogP contribution in [0.15, 0.2) is 12.1 Å². The van der Waals surface area contributed by atoms with E-state index in [1.807, 2.05) is 6.07 Å². The van der Waals surface area contributed by atoms with Crippen molar-refractivity contribution in [3.63, 3.8) is 0 Å². The summed E-state index contributed by atoms with van der Waals surface area (Å²) in [6, 6.07) is 3.83. The van der Waals surface area contributed by atoms with Crippen LogP contribution in [0.4, 0.5) is 0 Å². The van der Waals surface area contributed by atoms with E-state index in [1.54, 1.807) is 6.07 Å². The Morgan fingerprint density at radius 3 is 2.85 bits per heavy atom. The molecule has 1 aromatic rings. The highest BCUT2D eigenvalue weighted by Gasteiger charge is 2.64. The molecule has 3 fully saturated rings. The van der Waals surface area contributed by atoms with Gasteiger partial charge in [-0.2, -0.15) is 0 Å². The summed E-state index contributed by atoms with van der Waals surface area (Å²) >= 11 is 0. The summed E-state index contributed by atoms with van der Waals surface area (Å²) in [7, 11) is 0. The Hall–Kier alpha value is -1.30. The molecule has 140 valence electrons. The van der Waals surface area contributed by atoms with Gasteiger partial charge in [0.2, 0.25) is 0 Å². The van der Waals surface area contributed by atoms with E-state index >= 15 is 0 Å². The molecular weight excluding hydrogens is 330 g/mol. The molecule has 5 bridgehead atoms. The number of hydrogen-bond donors (Lipinski definition) is 3. The quantitative estimate of drug-likeness (QED) is 0.752. The maximum Gasteiger partial charge on any atom is 0.165 e. The van der Waals surface area contributed by atoms with Crippen molar-refractivity contribution in [1.29, 1.82) is 0 Å². The highest BCUT2D eigenvalue weighted by molar-refractivity contribution is 5.57. The summed E-state index contributed by atoms with van der Waals surface area (Å²) in [5.41, 5.74) is 1.39. The largest absolute Gasteiger partial charge is 0.504 e. The van der Waals surface area contributed by atoms with E-state index in [-0.39, 0.29) is 29.7 Å². The molecule has 3 aliphatic carbocycles. The first-order chi connectivity index (χ1) is 12.6. The Labute approximate surface area is 153 Å². The fourth-order valence-corrected chi connectivity index (χ4v) is 6.60. The molecule has 2 aliphatic heterocycles. The Balaban J connectivity index is 1.53. The molecule has 0 amide bonds. The second kappa shape index (κ2) is 5.15. The van der Waals surface area contributed by atoms with Crippen LogP contribution in [-0.2, 0) is 6.42 Å². The first-order valence-electron chi connectivity index (χ1n) is 10.2. The molecule has 0 spiro atoms. The van der Waals surface area contributed by atoms with Gasteiger partial charge >= 0.3 is 0 Å². The predicted octanol–water partition coefficient (Wildman–Crippen LogP) is 1.78. The Kier molecular flexibility index (Phi) is 3.11. The average Bonchev–Trinajstić information content (AvgIpc) is 2.63. The molecule has 3 N–H and O–H groups in total. The summed E-state index contributed by atoms with van der Waals surface area (Å²) in [6.07, 6.45) is 4.97. The van der Waals surface area contributed by atoms with Crippen molar-refractivity contribution in [3.8, 4) is 11.5 Å². The third kappa shape index (κ3) is 1.87. The van der Waals surface area contributed by atoms with Crippen LogP contribution >= 0.6 is 0 Å². The van der Waals surface area contributed by atoms with Crippen LogP contribution in [0.3, 0.4) is 0 Å². The minimum absolute atomic E-state index is 0.0353. The number of aliphatic hydroxyl groups excluding tert-OH is 1. The molecule has 6 rings (SSSR count). The molecule has 1 aromatic carbocycles. The zero-order valence-corrected chi connectivity index (χ0v) is 15.0. The number of phenolic OH excluding ortho intramolecular Hbond substituents is 1. The number of phenols is 1. The lowest BCUT2D eigenvalue weighted by Crippen LogP contribution is -2.69. The third-order valence-corrected chi connectivity index (χ3v) is 8.03. The van der Waals surface area contributed by atoms with Gasteiger partial charge in [0.05, 0.1) is 11.7 Å². The minimum Gasteiger partial charge on any atom is -0.504 e. The molecule has 2 saturated carbocycles. The second-order valence-corrected chi connectivity index (χ2v) is 9.28. The number of nitrogens with zero attached hydrogens (tertiary/aromatic N) is 1. The first-order valence-corrected chi connectivity index (χ1v) is 10.2. The molecular formula is C21H27NO4. The maximum atomic E-state index is 11.9. The number of hydrogen-bond acceptors (Lipinski definition) is 5. The zero-order chi connectivity index (χ0) is 17.6. The van der Waals surface area contributed by atoms with Crippen molar-refractivity contribution in [3.05, 3.63) is 23.3 Å². The number of piperidine rings is 1. The first kappa shape index (κ1) is 15.7. The van der Waals surface area contributed by atoms with Crippen molar-refractivity contribution >= 4 is 0 Å². The van der Waals surface area contributed by atoms with E-state index in [0.717, 1.165) is 31.0 Å². The molecule has 2 unspecified atom stereocenters. The molecule has 26 heavy (non-hydrogen) atoms. The summed E-state index contributed by atoms with van der Waals surface area (Å²) < 4.78 is 6.22. The van der Waals surface area contributed by atoms with Gasteiger partial charge < -0.3 is 20.1 Å². The van der Waals surface area contributed by atoms with Crippen LogP contribution in [0.2, 0.25) is 0 Å². The van der Waals surface area contributed by atoms with Crippen LogP contribution in [-0.4, -0.2) is 57.2 Å². The van der Waals surface area contributed by atoms with Gasteiger partial charge in [-0.3, -0.25) is 4.90 Å². The van der Waals surface area contributed by atoms with E-state index in [9.17, 15) is 15.3 Å². The highest BCUT2D eigenvalue weighted by atomic mass is 16.5. The lowest BCUT2D eigenvalue weighted by molar-refractivity contribution is -0.149. The van der Waals surface area contributed by atoms with Crippen LogP contribution in [0.25, 0.3) is 0 Å². The van der Waals surface area contributed by atoms with Crippen LogP contribution in [0.5, 0.6) is 11.5 Å². The SMILES string of the molecule is Oc1ccc2c3c1O[C@@H]1C4CN(CC5CCC5)C(C2)[C@](O)(CC[C@@H]1O)[C@H]34. The van der Waals surface area contributed by atoms with Crippen molar-refractivity contribution in [2.45, 2.75) is 68.3 Å². The van der Waals surface area contributed by atoms with Crippen molar-refractivity contribution in [2.24, 2.45) is 11.8 Å². The molecule has 1 saturated heterocycles. The number of benzene rings is 1. The summed E-state index contributed by atoms with van der Waals surface area (Å²) in [4.78, 5) is 2.51. The Bertz CT molecular complexity index is 763. The average molecular weight is 357 g/mol. The predicted molar refractivity (Wildman–Crippen MR) is 95.4 cm³/mol. The van der Waals surface area contributed by atoms with E-state index in [0.29, 0.717) is 18.6 Å². The number of likely N-dealkylation sites (tertiary alicyclic amines) is 1. The van der Waals surface area contributed by atoms with Gasteiger partial charge in [0.1, 0.15) is 6.10 Å². The number of aromatic hydroxyl groups is 1. The minimum atomic E-state index is -0.832. The highest BCUT2D eigenvalue weighted by Crippen LogP contribution is 2.61. The van der Waals surface area contributed by atoms with Crippen molar-refractivity contribution < 1.29 is 20.1 Å². The second-order valence-electron chi connectivity index (χ2n) is 9.28. The van der Waals surface area contributed by atoms with Gasteiger partial charge in [0.25, 0.3) is 0 Å². The van der Waals surface area contributed by atoms with Gasteiger partial charge in [0, 0.05) is 36.5 Å². The van der Waals surface area contributed by atoms with Crippen molar-refractivity contribution in [1.82, 2.24) is 4.90 Å². The summed E-state index contributed by atoms with van der Waals surface area (Å²) in [6.45, 7) is 1.93. The van der Waals surface area contributed by atoms with E-state index in [1.165, 1.54) is 24.8 Å². The van der Waals surface area contributed by atoms with Crippen LogP contribution in [0.1, 0.15) is 49.1 Å². The summed E-state index contributed by atoms with van der Waals surface area (Å²) in [5.74, 6) is 1.45. The fraction of sp³-hybridized carbons (Fsp3) is 0.714. The number of aliphatic hydroxyl groups is 2. The molecule has 5 heteroatoms. The van der Waals surface area contributed by atoms with Crippen LogP contribution < -0.4 is 4.74 Å².